The van der Waals surface area contributed by atoms with E-state index in [-0.39, 0.29) is 29.5 Å². The number of carbonyl (C=O) groups is 2. The summed E-state index contributed by atoms with van der Waals surface area (Å²) < 4.78 is 16.0. The average molecular weight is 460 g/mol. The number of amides is 1. The summed E-state index contributed by atoms with van der Waals surface area (Å²) in [6.45, 7) is 2.97. The lowest BCUT2D eigenvalue weighted by Gasteiger charge is -2.25. The molecular weight excluding hydrogens is 434 g/mol. The van der Waals surface area contributed by atoms with Crippen molar-refractivity contribution in [2.45, 2.75) is 19.4 Å². The Bertz CT molecular complexity index is 1030. The summed E-state index contributed by atoms with van der Waals surface area (Å²) >= 11 is 6.21. The number of carbonyl (C=O) groups excluding carboxylic acids is 2. The first-order valence-corrected chi connectivity index (χ1v) is 10.6. The lowest BCUT2D eigenvalue weighted by Crippen LogP contribution is -2.32. The summed E-state index contributed by atoms with van der Waals surface area (Å²) in [6, 6.07) is 11.0. The zero-order valence-corrected chi connectivity index (χ0v) is 19.0. The Labute approximate surface area is 192 Å². The van der Waals surface area contributed by atoms with Gasteiger partial charge >= 0.3 is 0 Å². The van der Waals surface area contributed by atoms with Crippen LogP contribution in [0.2, 0.25) is 5.02 Å². The zero-order chi connectivity index (χ0) is 23.3. The summed E-state index contributed by atoms with van der Waals surface area (Å²) in [5.41, 5.74) is 0.943. The van der Waals surface area contributed by atoms with E-state index in [1.807, 2.05) is 13.0 Å². The number of likely N-dealkylation sites (tertiary alicyclic amines) is 1. The molecule has 1 saturated heterocycles. The molecular formula is C24H26ClNO6. The highest BCUT2D eigenvalue weighted by Crippen LogP contribution is 2.40. The number of Topliss-reactive ketones (excluding diaryl/α,β-unsaturated/α-hetero) is 1. The van der Waals surface area contributed by atoms with Crippen molar-refractivity contribution in [3.63, 3.8) is 0 Å². The maximum absolute atomic E-state index is 13.0. The predicted octanol–water partition coefficient (Wildman–Crippen LogP) is 4.21. The smallest absolute Gasteiger partial charge is 0.295 e. The van der Waals surface area contributed by atoms with Crippen molar-refractivity contribution >= 4 is 29.1 Å². The molecule has 1 fully saturated rings. The van der Waals surface area contributed by atoms with Crippen LogP contribution >= 0.6 is 11.6 Å². The third-order valence-electron chi connectivity index (χ3n) is 5.15. The first kappa shape index (κ1) is 23.6. The lowest BCUT2D eigenvalue weighted by atomic mass is 9.95. The highest BCUT2D eigenvalue weighted by molar-refractivity contribution is 6.46. The zero-order valence-electron chi connectivity index (χ0n) is 18.3. The molecule has 1 atom stereocenters. The van der Waals surface area contributed by atoms with Crippen LogP contribution in [-0.2, 0) is 14.3 Å². The minimum Gasteiger partial charge on any atom is -0.507 e. The first-order chi connectivity index (χ1) is 15.4. The highest BCUT2D eigenvalue weighted by Gasteiger charge is 2.46. The van der Waals surface area contributed by atoms with Gasteiger partial charge in [0.15, 0.2) is 0 Å². The Balaban J connectivity index is 2.13. The van der Waals surface area contributed by atoms with Crippen molar-refractivity contribution in [3.05, 3.63) is 64.2 Å². The number of halogens is 1. The molecule has 1 aliphatic heterocycles. The van der Waals surface area contributed by atoms with Gasteiger partial charge in [0.1, 0.15) is 17.3 Å². The van der Waals surface area contributed by atoms with E-state index < -0.39 is 17.7 Å². The van der Waals surface area contributed by atoms with E-state index in [1.165, 1.54) is 25.2 Å². The number of ether oxygens (including phenoxy) is 3. The molecule has 1 heterocycles. The molecule has 2 aromatic carbocycles. The molecule has 2 aromatic rings. The van der Waals surface area contributed by atoms with Gasteiger partial charge in [0.05, 0.1) is 37.0 Å². The van der Waals surface area contributed by atoms with E-state index in [2.05, 4.69) is 0 Å². The van der Waals surface area contributed by atoms with Crippen LogP contribution in [0, 0.1) is 0 Å². The fourth-order valence-corrected chi connectivity index (χ4v) is 3.87. The molecule has 0 radical (unpaired) electrons. The molecule has 0 saturated carbocycles. The summed E-state index contributed by atoms with van der Waals surface area (Å²) in [5, 5.41) is 11.4. The second-order valence-electron chi connectivity index (χ2n) is 7.26. The summed E-state index contributed by atoms with van der Waals surface area (Å²) in [6.07, 6.45) is 0.842. The van der Waals surface area contributed by atoms with Crippen molar-refractivity contribution in [1.82, 2.24) is 4.90 Å². The van der Waals surface area contributed by atoms with Gasteiger partial charge in [-0.25, -0.2) is 0 Å². The van der Waals surface area contributed by atoms with Gasteiger partial charge in [0, 0.05) is 19.2 Å². The van der Waals surface area contributed by atoms with E-state index in [4.69, 9.17) is 25.8 Å². The van der Waals surface area contributed by atoms with Gasteiger partial charge in [-0.1, -0.05) is 30.7 Å². The van der Waals surface area contributed by atoms with Gasteiger partial charge in [-0.05, 0) is 42.3 Å². The van der Waals surface area contributed by atoms with Crippen LogP contribution in [-0.4, -0.2) is 55.7 Å². The SMILES string of the molecule is CCCOc1cccc(C2/C(=C(\O)c3ccc(OC)c(Cl)c3)C(=O)C(=O)N2CCOC)c1. The van der Waals surface area contributed by atoms with E-state index in [0.717, 1.165) is 6.42 Å². The molecule has 3 rings (SSSR count). The summed E-state index contributed by atoms with van der Waals surface area (Å²) in [7, 11) is 3.00. The fraction of sp³-hybridized carbons (Fsp3) is 0.333. The van der Waals surface area contributed by atoms with Crippen LogP contribution < -0.4 is 9.47 Å². The third kappa shape index (κ3) is 4.74. The molecule has 1 unspecified atom stereocenters. The number of hydrogen-bond donors (Lipinski definition) is 1. The number of aliphatic hydroxyl groups excluding tert-OH is 1. The molecule has 1 amide bonds. The van der Waals surface area contributed by atoms with E-state index in [1.54, 1.807) is 30.3 Å². The topological polar surface area (TPSA) is 85.3 Å². The van der Waals surface area contributed by atoms with Crippen LogP contribution in [0.1, 0.15) is 30.5 Å². The predicted molar refractivity (Wildman–Crippen MR) is 121 cm³/mol. The summed E-state index contributed by atoms with van der Waals surface area (Å²) in [4.78, 5) is 27.3. The van der Waals surface area contributed by atoms with E-state index >= 15 is 0 Å². The molecule has 1 N–H and O–H groups in total. The molecule has 0 aromatic heterocycles. The molecule has 8 heteroatoms. The van der Waals surface area contributed by atoms with Gasteiger partial charge in [-0.15, -0.1) is 0 Å². The van der Waals surface area contributed by atoms with Gasteiger partial charge in [0.2, 0.25) is 0 Å². The van der Waals surface area contributed by atoms with Crippen LogP contribution in [0.3, 0.4) is 0 Å². The van der Waals surface area contributed by atoms with Crippen LogP contribution in [0.15, 0.2) is 48.0 Å². The van der Waals surface area contributed by atoms with Gasteiger partial charge in [-0.2, -0.15) is 0 Å². The van der Waals surface area contributed by atoms with Gasteiger partial charge in [0.25, 0.3) is 11.7 Å². The molecule has 32 heavy (non-hydrogen) atoms. The Hall–Kier alpha value is -3.03. The van der Waals surface area contributed by atoms with Crippen molar-refractivity contribution in [2.75, 3.05) is 34.0 Å². The fourth-order valence-electron chi connectivity index (χ4n) is 3.61. The number of hydrogen-bond acceptors (Lipinski definition) is 6. The average Bonchev–Trinajstić information content (AvgIpc) is 3.05. The minimum atomic E-state index is -0.795. The van der Waals surface area contributed by atoms with Crippen molar-refractivity contribution in [1.29, 1.82) is 0 Å². The van der Waals surface area contributed by atoms with E-state index in [9.17, 15) is 14.7 Å². The number of aliphatic hydroxyl groups is 1. The highest BCUT2D eigenvalue weighted by atomic mass is 35.5. The second-order valence-corrected chi connectivity index (χ2v) is 7.66. The lowest BCUT2D eigenvalue weighted by molar-refractivity contribution is -0.140. The Kier molecular flexibility index (Phi) is 7.77. The summed E-state index contributed by atoms with van der Waals surface area (Å²) in [5.74, 6) is -0.725. The van der Waals surface area contributed by atoms with Gasteiger partial charge < -0.3 is 24.2 Å². The Morgan fingerprint density at radius 2 is 1.91 bits per heavy atom. The molecule has 0 bridgehead atoms. The third-order valence-corrected chi connectivity index (χ3v) is 5.44. The largest absolute Gasteiger partial charge is 0.507 e. The van der Waals surface area contributed by atoms with Crippen LogP contribution in [0.4, 0.5) is 0 Å². The van der Waals surface area contributed by atoms with Crippen molar-refractivity contribution < 1.29 is 28.9 Å². The standard InChI is InChI=1S/C24H26ClNO6/c1-4-11-32-17-7-5-6-15(13-17)21-20(23(28)24(29)26(21)10-12-30-2)22(27)16-8-9-19(31-3)18(25)14-16/h5-9,13-14,21,27H,4,10-12H2,1-3H3/b22-20+. The Morgan fingerprint density at radius 3 is 2.56 bits per heavy atom. The molecule has 7 nitrogen and oxygen atoms in total. The number of nitrogens with zero attached hydrogens (tertiary/aromatic N) is 1. The normalized spacial score (nSPS) is 17.6. The monoisotopic (exact) mass is 459 g/mol. The number of methoxy groups -OCH3 is 2. The van der Waals surface area contributed by atoms with Crippen LogP contribution in [0.5, 0.6) is 11.5 Å². The molecule has 170 valence electrons. The van der Waals surface area contributed by atoms with Crippen molar-refractivity contribution in [2.24, 2.45) is 0 Å². The molecule has 0 aliphatic carbocycles. The number of rotatable bonds is 9. The maximum atomic E-state index is 13.0. The number of benzene rings is 2. The van der Waals surface area contributed by atoms with Crippen LogP contribution in [0.25, 0.3) is 5.76 Å². The first-order valence-electron chi connectivity index (χ1n) is 10.3. The molecule has 1 aliphatic rings. The van der Waals surface area contributed by atoms with Gasteiger partial charge in [-0.3, -0.25) is 9.59 Å². The maximum Gasteiger partial charge on any atom is 0.295 e. The molecule has 0 spiro atoms. The minimum absolute atomic E-state index is 0.0139. The van der Waals surface area contributed by atoms with E-state index in [0.29, 0.717) is 29.2 Å². The second kappa shape index (κ2) is 10.5. The Morgan fingerprint density at radius 1 is 1.12 bits per heavy atom. The number of ketones is 1. The van der Waals surface area contributed by atoms with Crippen molar-refractivity contribution in [3.8, 4) is 11.5 Å². The quantitative estimate of drug-likeness (QED) is 0.343.